The van der Waals surface area contributed by atoms with E-state index in [-0.39, 0.29) is 10.7 Å². The van der Waals surface area contributed by atoms with E-state index >= 15 is 0 Å². The van der Waals surface area contributed by atoms with E-state index in [1.165, 1.54) is 6.42 Å². The second-order valence-corrected chi connectivity index (χ2v) is 5.10. The summed E-state index contributed by atoms with van der Waals surface area (Å²) < 4.78 is 11.4. The van der Waals surface area contributed by atoms with Crippen LogP contribution < -0.4 is 0 Å². The quantitative estimate of drug-likeness (QED) is 0.540. The Morgan fingerprint density at radius 3 is 2.50 bits per heavy atom. The third-order valence-electron chi connectivity index (χ3n) is 3.68. The van der Waals surface area contributed by atoms with Crippen LogP contribution in [0.25, 0.3) is 0 Å². The van der Waals surface area contributed by atoms with Gasteiger partial charge in [-0.25, -0.2) is 0 Å². The molecule has 0 bridgehead atoms. The minimum absolute atomic E-state index is 0.0391. The molecule has 3 atom stereocenters. The molecule has 0 aromatic carbocycles. The zero-order chi connectivity index (χ0) is 8.40. The molecule has 3 rings (SSSR count). The number of fused-ring (bicyclic) bond motifs is 2. The van der Waals surface area contributed by atoms with Gasteiger partial charge in [0.25, 0.3) is 0 Å². The molecule has 3 fully saturated rings. The monoisotopic (exact) mass is 188 g/mol. The first-order valence-corrected chi connectivity index (χ1v) is 5.01. The van der Waals surface area contributed by atoms with Gasteiger partial charge in [-0.1, -0.05) is 0 Å². The summed E-state index contributed by atoms with van der Waals surface area (Å²) >= 11 is 6.32. The fourth-order valence-corrected chi connectivity index (χ4v) is 3.55. The average molecular weight is 189 g/mol. The van der Waals surface area contributed by atoms with Gasteiger partial charge in [0, 0.05) is 12.3 Å². The van der Waals surface area contributed by atoms with Crippen LogP contribution in [0.2, 0.25) is 0 Å². The van der Waals surface area contributed by atoms with Crippen LogP contribution in [0, 0.1) is 11.8 Å². The maximum Gasteiger partial charge on any atom is 0.173 e. The van der Waals surface area contributed by atoms with Crippen LogP contribution in [-0.2, 0) is 9.47 Å². The van der Waals surface area contributed by atoms with Gasteiger partial charge in [-0.2, -0.15) is 0 Å². The van der Waals surface area contributed by atoms with Crippen LogP contribution in [-0.4, -0.2) is 23.9 Å². The normalized spacial score (nSPS) is 54.5. The Labute approximate surface area is 77.2 Å². The van der Waals surface area contributed by atoms with E-state index in [0.29, 0.717) is 11.8 Å². The number of ether oxygens (including phenoxy) is 2. The molecular formula is C9H13ClO2. The van der Waals surface area contributed by atoms with Crippen molar-refractivity contribution in [3.63, 3.8) is 0 Å². The highest BCUT2D eigenvalue weighted by Gasteiger charge is 2.74. The Kier molecular flexibility index (Phi) is 1.26. The largest absolute Gasteiger partial charge is 0.347 e. The lowest BCUT2D eigenvalue weighted by Gasteiger charge is -2.26. The van der Waals surface area contributed by atoms with Gasteiger partial charge in [0.1, 0.15) is 0 Å². The lowest BCUT2D eigenvalue weighted by molar-refractivity contribution is -0.168. The van der Waals surface area contributed by atoms with Gasteiger partial charge < -0.3 is 9.47 Å². The van der Waals surface area contributed by atoms with E-state index in [1.54, 1.807) is 0 Å². The molecule has 1 aliphatic heterocycles. The predicted octanol–water partition coefficient (Wildman–Crippen LogP) is 1.77. The van der Waals surface area contributed by atoms with E-state index in [9.17, 15) is 0 Å². The Morgan fingerprint density at radius 1 is 1.33 bits per heavy atom. The van der Waals surface area contributed by atoms with Gasteiger partial charge in [0.2, 0.25) is 0 Å². The Hall–Kier alpha value is 0.210. The number of halogens is 1. The first kappa shape index (κ1) is 7.60. The van der Waals surface area contributed by atoms with Gasteiger partial charge in [-0.05, 0) is 19.3 Å². The van der Waals surface area contributed by atoms with Crippen LogP contribution in [0.1, 0.15) is 19.8 Å². The summed E-state index contributed by atoms with van der Waals surface area (Å²) in [6.45, 7) is 3.60. The van der Waals surface area contributed by atoms with Crippen molar-refractivity contribution < 1.29 is 9.47 Å². The third-order valence-corrected chi connectivity index (χ3v) is 4.20. The number of hydrogen-bond acceptors (Lipinski definition) is 2. The van der Waals surface area contributed by atoms with Gasteiger partial charge in [0.05, 0.1) is 18.1 Å². The van der Waals surface area contributed by atoms with E-state index in [4.69, 9.17) is 21.1 Å². The summed E-state index contributed by atoms with van der Waals surface area (Å²) in [5.74, 6) is 0.813. The molecule has 0 aromatic heterocycles. The molecule has 1 heterocycles. The zero-order valence-corrected chi connectivity index (χ0v) is 7.93. The number of alkyl halides is 1. The molecule has 12 heavy (non-hydrogen) atoms. The molecule has 68 valence electrons. The molecule has 1 saturated heterocycles. The number of rotatable bonds is 0. The second-order valence-electron chi connectivity index (χ2n) is 4.28. The van der Waals surface area contributed by atoms with Gasteiger partial charge in [-0.3, -0.25) is 0 Å². The maximum absolute atomic E-state index is 6.32. The Balaban J connectivity index is 1.90. The molecular weight excluding hydrogens is 176 g/mol. The highest BCUT2D eigenvalue weighted by Crippen LogP contribution is 2.70. The summed E-state index contributed by atoms with van der Waals surface area (Å²) in [6, 6.07) is 0. The fraction of sp³-hybridized carbons (Fsp3) is 1.00. The van der Waals surface area contributed by atoms with Crippen molar-refractivity contribution in [3.8, 4) is 0 Å². The number of hydrogen-bond donors (Lipinski definition) is 0. The van der Waals surface area contributed by atoms with Crippen molar-refractivity contribution in [1.82, 2.24) is 0 Å². The van der Waals surface area contributed by atoms with Crippen LogP contribution in [0.3, 0.4) is 0 Å². The van der Waals surface area contributed by atoms with Crippen LogP contribution >= 0.6 is 11.6 Å². The van der Waals surface area contributed by atoms with Crippen LogP contribution in [0.5, 0.6) is 0 Å². The van der Waals surface area contributed by atoms with E-state index < -0.39 is 0 Å². The second kappa shape index (κ2) is 1.99. The first-order valence-electron chi connectivity index (χ1n) is 4.64. The Morgan fingerprint density at radius 2 is 2.00 bits per heavy atom. The van der Waals surface area contributed by atoms with Crippen molar-refractivity contribution in [2.75, 3.05) is 13.2 Å². The van der Waals surface area contributed by atoms with Crippen molar-refractivity contribution in [1.29, 1.82) is 0 Å². The SMILES string of the molecule is C[C@]1(Cl)[C@H]2CCC3(OCCO3)[C@H]21. The maximum atomic E-state index is 6.32. The molecule has 0 unspecified atom stereocenters. The van der Waals surface area contributed by atoms with Crippen LogP contribution in [0.4, 0.5) is 0 Å². The standard InChI is InChI=1S/C9H13ClO2/c1-8(10)6-2-3-9(7(6)8)11-4-5-12-9/h6-7H,2-5H2,1H3/t6-,7+,8-/m0/s1. The molecule has 2 aliphatic carbocycles. The van der Waals surface area contributed by atoms with E-state index in [2.05, 4.69) is 6.92 Å². The lowest BCUT2D eigenvalue weighted by atomic mass is 10.1. The molecule has 0 amide bonds. The van der Waals surface area contributed by atoms with Gasteiger partial charge in [-0.15, -0.1) is 11.6 Å². The molecule has 3 heteroatoms. The highest BCUT2D eigenvalue weighted by molar-refractivity contribution is 6.26. The summed E-state index contributed by atoms with van der Waals surface area (Å²) in [5.41, 5.74) is 0. The molecule has 0 N–H and O–H groups in total. The van der Waals surface area contributed by atoms with Crippen LogP contribution in [0.15, 0.2) is 0 Å². The molecule has 0 radical (unpaired) electrons. The molecule has 0 aromatic rings. The minimum Gasteiger partial charge on any atom is -0.347 e. The molecule has 2 saturated carbocycles. The Bertz CT molecular complexity index is 215. The summed E-state index contributed by atoms with van der Waals surface area (Å²) in [4.78, 5) is -0.0391. The predicted molar refractivity (Wildman–Crippen MR) is 45.1 cm³/mol. The zero-order valence-electron chi connectivity index (χ0n) is 7.18. The fourth-order valence-electron chi connectivity index (χ4n) is 3.06. The minimum atomic E-state index is -0.277. The first-order chi connectivity index (χ1) is 5.67. The van der Waals surface area contributed by atoms with Crippen molar-refractivity contribution in [2.24, 2.45) is 11.8 Å². The van der Waals surface area contributed by atoms with E-state index in [1.807, 2.05) is 0 Å². The highest BCUT2D eigenvalue weighted by atomic mass is 35.5. The van der Waals surface area contributed by atoms with Crippen molar-refractivity contribution in [2.45, 2.75) is 30.4 Å². The van der Waals surface area contributed by atoms with E-state index in [0.717, 1.165) is 19.6 Å². The van der Waals surface area contributed by atoms with Crippen molar-refractivity contribution >= 4 is 11.6 Å². The van der Waals surface area contributed by atoms with Crippen molar-refractivity contribution in [3.05, 3.63) is 0 Å². The topological polar surface area (TPSA) is 18.5 Å². The molecule has 1 spiro atoms. The average Bonchev–Trinajstić information content (AvgIpc) is 2.48. The van der Waals surface area contributed by atoms with Gasteiger partial charge in [0.15, 0.2) is 5.79 Å². The summed E-state index contributed by atoms with van der Waals surface area (Å²) in [6.07, 6.45) is 2.22. The summed E-state index contributed by atoms with van der Waals surface area (Å²) in [7, 11) is 0. The smallest absolute Gasteiger partial charge is 0.173 e. The lowest BCUT2D eigenvalue weighted by Crippen LogP contribution is -2.33. The summed E-state index contributed by atoms with van der Waals surface area (Å²) in [5, 5.41) is 0. The van der Waals surface area contributed by atoms with Gasteiger partial charge >= 0.3 is 0 Å². The molecule has 2 nitrogen and oxygen atoms in total. The molecule has 3 aliphatic rings. The third kappa shape index (κ3) is 0.699.